The van der Waals surface area contributed by atoms with E-state index in [-0.39, 0.29) is 42.2 Å². The van der Waals surface area contributed by atoms with Gasteiger partial charge in [0.1, 0.15) is 17.1 Å². The number of aromatic carboxylic acids is 1. The number of amides is 1. The molecule has 0 spiro atoms. The fourth-order valence-electron chi connectivity index (χ4n) is 9.02. The van der Waals surface area contributed by atoms with Crippen molar-refractivity contribution in [2.45, 2.75) is 85.0 Å². The molecule has 1 saturated heterocycles. The normalized spacial score (nSPS) is 19.6. The Morgan fingerprint density at radius 3 is 2.38 bits per heavy atom. The average molecular weight is 794 g/mol. The smallest absolute Gasteiger partial charge is 0.352 e. The zero-order valence-corrected chi connectivity index (χ0v) is 33.9. The number of hydrogen-bond acceptors (Lipinski definition) is 6. The number of pyridine rings is 1. The molecule has 0 saturated carbocycles. The summed E-state index contributed by atoms with van der Waals surface area (Å²) in [5.74, 6) is -0.366. The number of ether oxygens (including phenoxy) is 1. The Hall–Kier alpha value is -4.87. The van der Waals surface area contributed by atoms with Crippen LogP contribution in [-0.4, -0.2) is 56.3 Å². The van der Waals surface area contributed by atoms with Gasteiger partial charge in [-0.25, -0.2) is 4.79 Å². The number of carboxylic acid groups (broad SMARTS) is 1. The lowest BCUT2D eigenvalue weighted by molar-refractivity contribution is 0.0686. The summed E-state index contributed by atoms with van der Waals surface area (Å²) in [5, 5.41) is 13.6. The highest BCUT2D eigenvalue weighted by molar-refractivity contribution is 6.33. The lowest BCUT2D eigenvalue weighted by Gasteiger charge is -2.35. The van der Waals surface area contributed by atoms with E-state index in [2.05, 4.69) is 47.2 Å². The molecule has 10 nitrogen and oxygen atoms in total. The Morgan fingerprint density at radius 1 is 0.964 bits per heavy atom. The van der Waals surface area contributed by atoms with Crippen LogP contribution in [0.3, 0.4) is 0 Å². The fraction of sp³-hybridized carbons (Fsp3) is 0.341. The Balaban J connectivity index is 1.27. The summed E-state index contributed by atoms with van der Waals surface area (Å²) < 4.78 is 10.3. The average Bonchev–Trinajstić information content (AvgIpc) is 3.81. The van der Waals surface area contributed by atoms with E-state index in [9.17, 15) is 9.90 Å². The van der Waals surface area contributed by atoms with Crippen LogP contribution < -0.4 is 20.5 Å². The number of benzene rings is 3. The molecule has 12 heteroatoms. The van der Waals surface area contributed by atoms with Crippen molar-refractivity contribution in [3.05, 3.63) is 122 Å². The van der Waals surface area contributed by atoms with Gasteiger partial charge >= 0.3 is 5.97 Å². The third-order valence-electron chi connectivity index (χ3n) is 11.5. The molecule has 0 aliphatic carbocycles. The van der Waals surface area contributed by atoms with E-state index >= 15 is 4.79 Å². The first-order chi connectivity index (χ1) is 26.8. The largest absolute Gasteiger partial charge is 0.494 e. The minimum Gasteiger partial charge on any atom is -0.494 e. The second-order valence-electron chi connectivity index (χ2n) is 15.5. The molecule has 5 heterocycles. The fourth-order valence-corrected chi connectivity index (χ4v) is 9.41. The third-order valence-corrected chi connectivity index (χ3v) is 12.4. The second-order valence-corrected chi connectivity index (χ2v) is 16.3. The molecule has 3 atom stereocenters. The minimum absolute atomic E-state index is 0.0545. The Kier molecular flexibility index (Phi) is 10.1. The predicted molar refractivity (Wildman–Crippen MR) is 223 cm³/mol. The van der Waals surface area contributed by atoms with Crippen LogP contribution in [0.4, 0.5) is 5.69 Å². The van der Waals surface area contributed by atoms with Gasteiger partial charge in [0.05, 0.1) is 35.6 Å². The van der Waals surface area contributed by atoms with Crippen molar-refractivity contribution in [1.82, 2.24) is 25.0 Å². The van der Waals surface area contributed by atoms with Crippen LogP contribution in [-0.2, 0) is 13.0 Å². The molecule has 1 fully saturated rings. The van der Waals surface area contributed by atoms with Crippen molar-refractivity contribution >= 4 is 62.6 Å². The number of nitrogens with one attached hydrogen (secondary N) is 2. The molecule has 0 bridgehead atoms. The summed E-state index contributed by atoms with van der Waals surface area (Å²) in [4.78, 5) is 34.4. The van der Waals surface area contributed by atoms with Gasteiger partial charge in [-0.2, -0.15) is 0 Å². The van der Waals surface area contributed by atoms with E-state index in [4.69, 9.17) is 27.9 Å². The molecule has 6 aromatic rings. The highest BCUT2D eigenvalue weighted by Crippen LogP contribution is 2.45. The number of anilines is 1. The number of nitrogens with zero attached hydrogens (tertiary/aromatic N) is 4. The van der Waals surface area contributed by atoms with Crippen molar-refractivity contribution in [1.29, 1.82) is 0 Å². The molecule has 2 aliphatic heterocycles. The van der Waals surface area contributed by atoms with Gasteiger partial charge in [0.2, 0.25) is 0 Å². The van der Waals surface area contributed by atoms with Crippen LogP contribution in [0.2, 0.25) is 10.0 Å². The first-order valence-electron chi connectivity index (χ1n) is 19.2. The number of aryl methyl sites for hydroxylation is 4. The first kappa shape index (κ1) is 38.0. The van der Waals surface area contributed by atoms with E-state index in [0.717, 1.165) is 60.6 Å². The highest BCUT2D eigenvalue weighted by atomic mass is 35.5. The number of carbonyl (C=O) groups excluding carboxylic acids is 1. The third kappa shape index (κ3) is 6.52. The molecule has 2 unspecified atom stereocenters. The SMILES string of the molecule is Cc1cc(N2C[C@@H](C)n3c(c(CCCOc4cc(C)c(Cl)c(C)c4)c4ccc(Cl)c(C5C(C)NNC5C)c43)C2=O)c2c(c1)cc(C(=O)O)n2Cc1ccccn1. The van der Waals surface area contributed by atoms with Crippen LogP contribution in [0, 0.1) is 20.8 Å². The van der Waals surface area contributed by atoms with Gasteiger partial charge in [-0.05, 0) is 125 Å². The molecule has 56 heavy (non-hydrogen) atoms. The number of hydrogen-bond donors (Lipinski definition) is 3. The Morgan fingerprint density at radius 2 is 1.70 bits per heavy atom. The van der Waals surface area contributed by atoms with Crippen LogP contribution in [0.1, 0.15) is 93.6 Å². The maximum Gasteiger partial charge on any atom is 0.352 e. The van der Waals surface area contributed by atoms with Gasteiger partial charge in [0, 0.05) is 63.2 Å². The van der Waals surface area contributed by atoms with E-state index in [0.29, 0.717) is 47.9 Å². The molecule has 290 valence electrons. The topological polar surface area (TPSA) is 114 Å². The molecule has 3 aromatic carbocycles. The van der Waals surface area contributed by atoms with Crippen LogP contribution in [0.15, 0.2) is 66.9 Å². The summed E-state index contributed by atoms with van der Waals surface area (Å²) in [7, 11) is 0. The number of carbonyl (C=O) groups is 2. The van der Waals surface area contributed by atoms with E-state index in [1.54, 1.807) is 16.8 Å². The standard InChI is InChI=1S/C44H46Cl2N6O4/c1-23-16-29-20-36(44(54)55)50(22-30-10-7-8-14-47-30)40(29)35(17-23)51-21-26(4)52-41-33(12-13-34(45)38(41)37-27(5)48-49-28(37)6)32(42(52)43(51)53)11-9-15-56-31-18-24(2)39(46)25(3)19-31/h7-8,10,12-14,16-20,26-28,37,48-49H,9,11,15,21-22H2,1-6H3,(H,54,55)/t26-,27?,28?,37?/m1/s1. The van der Waals surface area contributed by atoms with Gasteiger partial charge in [-0.15, -0.1) is 0 Å². The number of fused-ring (bicyclic) bond motifs is 4. The van der Waals surface area contributed by atoms with Crippen molar-refractivity contribution in [2.24, 2.45) is 0 Å². The van der Waals surface area contributed by atoms with Gasteiger partial charge in [-0.3, -0.25) is 20.6 Å². The van der Waals surface area contributed by atoms with Gasteiger partial charge in [-0.1, -0.05) is 35.3 Å². The molecule has 8 rings (SSSR count). The Labute approximate surface area is 336 Å². The van der Waals surface area contributed by atoms with Gasteiger partial charge in [0.25, 0.3) is 5.91 Å². The Bertz CT molecular complexity index is 2500. The summed E-state index contributed by atoms with van der Waals surface area (Å²) in [6.07, 6.45) is 2.95. The lowest BCUT2D eigenvalue weighted by atomic mass is 9.87. The number of halogens is 2. The zero-order valence-electron chi connectivity index (χ0n) is 32.4. The highest BCUT2D eigenvalue weighted by Gasteiger charge is 2.40. The van der Waals surface area contributed by atoms with E-state index in [1.807, 2.05) is 74.2 Å². The van der Waals surface area contributed by atoms with Gasteiger partial charge in [0.15, 0.2) is 0 Å². The van der Waals surface area contributed by atoms with E-state index < -0.39 is 5.97 Å². The number of rotatable bonds is 10. The number of aromatic nitrogens is 3. The maximum absolute atomic E-state index is 15.4. The molecule has 1 amide bonds. The molecular weight excluding hydrogens is 747 g/mol. The summed E-state index contributed by atoms with van der Waals surface area (Å²) in [5.41, 5.74) is 15.4. The van der Waals surface area contributed by atoms with Crippen molar-refractivity contribution in [2.75, 3.05) is 18.1 Å². The quantitative estimate of drug-likeness (QED) is 0.119. The van der Waals surface area contributed by atoms with Crippen LogP contribution in [0.5, 0.6) is 5.75 Å². The van der Waals surface area contributed by atoms with Crippen LogP contribution >= 0.6 is 23.2 Å². The van der Waals surface area contributed by atoms with Crippen molar-refractivity contribution in [3.63, 3.8) is 0 Å². The van der Waals surface area contributed by atoms with E-state index in [1.165, 1.54) is 0 Å². The maximum atomic E-state index is 15.4. The number of hydrazine groups is 1. The van der Waals surface area contributed by atoms with Crippen molar-refractivity contribution in [3.8, 4) is 5.75 Å². The first-order valence-corrected chi connectivity index (χ1v) is 19.9. The zero-order chi connectivity index (χ0) is 39.6. The number of carboxylic acids is 1. The lowest BCUT2D eigenvalue weighted by Crippen LogP contribution is -2.43. The molecule has 0 radical (unpaired) electrons. The van der Waals surface area contributed by atoms with Crippen LogP contribution in [0.25, 0.3) is 21.8 Å². The van der Waals surface area contributed by atoms with Crippen molar-refractivity contribution < 1.29 is 19.4 Å². The summed E-state index contributed by atoms with van der Waals surface area (Å²) in [6, 6.07) is 19.3. The molecule has 3 N–H and O–H groups in total. The summed E-state index contributed by atoms with van der Waals surface area (Å²) in [6.45, 7) is 13.4. The monoisotopic (exact) mass is 792 g/mol. The predicted octanol–water partition coefficient (Wildman–Crippen LogP) is 9.17. The molecule has 2 aliphatic rings. The molecule has 3 aromatic heterocycles. The second kappa shape index (κ2) is 14.9. The minimum atomic E-state index is -1.05. The molecular formula is C44H46Cl2N6O4. The van der Waals surface area contributed by atoms with Gasteiger partial charge < -0.3 is 23.9 Å². The summed E-state index contributed by atoms with van der Waals surface area (Å²) >= 11 is 13.6.